The molecule has 2 N–H and O–H groups in total. The third-order valence-electron chi connectivity index (χ3n) is 4.00. The molecule has 4 aromatic rings. The topological polar surface area (TPSA) is 92.8 Å². The summed E-state index contributed by atoms with van der Waals surface area (Å²) in [6, 6.07) is 15.2. The van der Waals surface area contributed by atoms with Crippen molar-refractivity contribution in [2.45, 2.75) is 16.6 Å². The molecule has 0 aliphatic carbocycles. The molecular formula is C19H17N5O2S2. The van der Waals surface area contributed by atoms with Gasteiger partial charge in [0.1, 0.15) is 11.6 Å². The van der Waals surface area contributed by atoms with Crippen molar-refractivity contribution in [3.8, 4) is 5.75 Å². The summed E-state index contributed by atoms with van der Waals surface area (Å²) in [7, 11) is 1.65. The Bertz CT molecular complexity index is 1140. The number of fused-ring (bicyclic) bond motifs is 1. The molecule has 2 aromatic heterocycles. The predicted octanol–water partition coefficient (Wildman–Crippen LogP) is 3.69. The first-order chi connectivity index (χ1) is 13.7. The molecule has 0 aliphatic heterocycles. The smallest absolute Gasteiger partial charge is 0.258 e. The molecule has 0 spiro atoms. The molecule has 0 amide bonds. The van der Waals surface area contributed by atoms with E-state index in [0.29, 0.717) is 29.0 Å². The number of benzene rings is 2. The van der Waals surface area contributed by atoms with E-state index in [1.807, 2.05) is 42.5 Å². The molecule has 0 unspecified atom stereocenters. The van der Waals surface area contributed by atoms with Gasteiger partial charge in [-0.3, -0.25) is 4.79 Å². The van der Waals surface area contributed by atoms with E-state index in [4.69, 9.17) is 4.74 Å². The van der Waals surface area contributed by atoms with E-state index in [1.54, 1.807) is 13.2 Å². The van der Waals surface area contributed by atoms with Gasteiger partial charge in [0.05, 0.1) is 23.8 Å². The molecule has 7 nitrogen and oxygen atoms in total. The van der Waals surface area contributed by atoms with Crippen LogP contribution in [0, 0.1) is 0 Å². The summed E-state index contributed by atoms with van der Waals surface area (Å²) in [5.74, 6) is 1.98. The van der Waals surface area contributed by atoms with Gasteiger partial charge in [-0.2, -0.15) is 0 Å². The fourth-order valence-corrected chi connectivity index (χ4v) is 4.21. The van der Waals surface area contributed by atoms with Crippen LogP contribution >= 0.6 is 23.1 Å². The van der Waals surface area contributed by atoms with Crippen molar-refractivity contribution in [1.29, 1.82) is 0 Å². The lowest BCUT2D eigenvalue weighted by atomic mass is 10.2. The van der Waals surface area contributed by atoms with Crippen LogP contribution < -0.4 is 15.6 Å². The molecule has 0 saturated heterocycles. The van der Waals surface area contributed by atoms with Crippen molar-refractivity contribution in [2.24, 2.45) is 0 Å². The average molecular weight is 412 g/mol. The van der Waals surface area contributed by atoms with Gasteiger partial charge in [-0.1, -0.05) is 47.4 Å². The van der Waals surface area contributed by atoms with Crippen molar-refractivity contribution >= 4 is 39.1 Å². The van der Waals surface area contributed by atoms with Crippen molar-refractivity contribution < 1.29 is 4.74 Å². The lowest BCUT2D eigenvalue weighted by molar-refractivity contribution is 0.414. The third kappa shape index (κ3) is 4.32. The molecule has 142 valence electrons. The highest BCUT2D eigenvalue weighted by Crippen LogP contribution is 2.28. The fourth-order valence-electron chi connectivity index (χ4n) is 2.59. The second-order valence-electron chi connectivity index (χ2n) is 5.89. The Hall–Kier alpha value is -2.91. The van der Waals surface area contributed by atoms with E-state index < -0.39 is 0 Å². The number of aromatic nitrogens is 4. The Kier molecular flexibility index (Phi) is 5.54. The number of H-pyrrole nitrogens is 1. The minimum absolute atomic E-state index is 0.125. The largest absolute Gasteiger partial charge is 0.497 e. The lowest BCUT2D eigenvalue weighted by Crippen LogP contribution is -2.11. The highest BCUT2D eigenvalue weighted by molar-refractivity contribution is 8.00. The number of hydrogen-bond donors (Lipinski definition) is 2. The number of para-hydroxylation sites is 1. The quantitative estimate of drug-likeness (QED) is 0.448. The maximum Gasteiger partial charge on any atom is 0.258 e. The lowest BCUT2D eigenvalue weighted by Gasteiger charge is -2.04. The molecular weight excluding hydrogens is 394 g/mol. The number of ether oxygens (including phenoxy) is 1. The van der Waals surface area contributed by atoms with Gasteiger partial charge in [0.25, 0.3) is 5.56 Å². The monoisotopic (exact) mass is 411 g/mol. The van der Waals surface area contributed by atoms with Crippen molar-refractivity contribution in [3.63, 3.8) is 0 Å². The number of anilines is 1. The third-order valence-corrected chi connectivity index (χ3v) is 6.03. The predicted molar refractivity (Wildman–Crippen MR) is 112 cm³/mol. The van der Waals surface area contributed by atoms with E-state index in [0.717, 1.165) is 20.8 Å². The molecule has 2 heterocycles. The first kappa shape index (κ1) is 18.5. The summed E-state index contributed by atoms with van der Waals surface area (Å²) in [5, 5.41) is 13.0. The van der Waals surface area contributed by atoms with Crippen LogP contribution in [-0.2, 0) is 12.3 Å². The Morgan fingerprint density at radius 2 is 1.96 bits per heavy atom. The van der Waals surface area contributed by atoms with Gasteiger partial charge in [-0.25, -0.2) is 4.98 Å². The molecule has 2 aromatic carbocycles. The van der Waals surface area contributed by atoms with Gasteiger partial charge in [-0.05, 0) is 29.8 Å². The van der Waals surface area contributed by atoms with Gasteiger partial charge >= 0.3 is 0 Å². The number of aromatic amines is 1. The zero-order valence-corrected chi connectivity index (χ0v) is 16.6. The molecule has 0 bridgehead atoms. The Morgan fingerprint density at radius 3 is 2.79 bits per heavy atom. The summed E-state index contributed by atoms with van der Waals surface area (Å²) < 4.78 is 5.97. The van der Waals surface area contributed by atoms with Crippen LogP contribution in [0.15, 0.2) is 57.7 Å². The second-order valence-corrected chi connectivity index (χ2v) is 8.09. The molecule has 0 aliphatic rings. The number of thioether (sulfide) groups is 1. The van der Waals surface area contributed by atoms with E-state index in [9.17, 15) is 4.79 Å². The van der Waals surface area contributed by atoms with Crippen LogP contribution in [-0.4, -0.2) is 27.3 Å². The SMILES string of the molecule is COc1ccc(CNc2nnc(SCc3nc4ccccc4c(=O)[nH]3)s2)cc1. The fraction of sp³-hybridized carbons (Fsp3) is 0.158. The zero-order valence-electron chi connectivity index (χ0n) is 15.0. The standard InChI is InChI=1S/C19H17N5O2S2/c1-26-13-8-6-12(7-9-13)10-20-18-23-24-19(28-18)27-11-16-21-15-5-3-2-4-14(15)17(25)22-16/h2-9H,10-11H2,1H3,(H,20,23)(H,21,22,25). The minimum Gasteiger partial charge on any atom is -0.497 e. The molecule has 0 radical (unpaired) electrons. The van der Waals surface area contributed by atoms with Crippen molar-refractivity contribution in [3.05, 3.63) is 70.3 Å². The van der Waals surface area contributed by atoms with Crippen LogP contribution in [0.4, 0.5) is 5.13 Å². The number of rotatable bonds is 7. The summed E-state index contributed by atoms with van der Waals surface area (Å²) in [4.78, 5) is 19.5. The zero-order chi connectivity index (χ0) is 19.3. The number of nitrogens with zero attached hydrogens (tertiary/aromatic N) is 3. The Balaban J connectivity index is 1.36. The summed E-state index contributed by atoms with van der Waals surface area (Å²) in [5.41, 5.74) is 1.70. The van der Waals surface area contributed by atoms with Crippen LogP contribution in [0.3, 0.4) is 0 Å². The first-order valence-corrected chi connectivity index (χ1v) is 10.3. The molecule has 0 saturated carbocycles. The minimum atomic E-state index is -0.125. The van der Waals surface area contributed by atoms with Crippen LogP contribution in [0.2, 0.25) is 0 Å². The maximum atomic E-state index is 12.1. The van der Waals surface area contributed by atoms with Gasteiger partial charge in [0.15, 0.2) is 4.34 Å². The van der Waals surface area contributed by atoms with E-state index in [1.165, 1.54) is 23.1 Å². The average Bonchev–Trinajstić information content (AvgIpc) is 3.19. The van der Waals surface area contributed by atoms with E-state index in [2.05, 4.69) is 25.5 Å². The summed E-state index contributed by atoms with van der Waals surface area (Å²) in [6.07, 6.45) is 0. The second kappa shape index (κ2) is 8.41. The number of nitrogens with one attached hydrogen (secondary N) is 2. The Labute approximate surface area is 169 Å². The normalized spacial score (nSPS) is 10.9. The molecule has 28 heavy (non-hydrogen) atoms. The molecule has 0 fully saturated rings. The van der Waals surface area contributed by atoms with Gasteiger partial charge < -0.3 is 15.0 Å². The van der Waals surface area contributed by atoms with Crippen molar-refractivity contribution in [1.82, 2.24) is 20.2 Å². The van der Waals surface area contributed by atoms with Crippen LogP contribution in [0.25, 0.3) is 10.9 Å². The highest BCUT2D eigenvalue weighted by Gasteiger charge is 2.08. The van der Waals surface area contributed by atoms with Gasteiger partial charge in [0, 0.05) is 6.54 Å². The summed E-state index contributed by atoms with van der Waals surface area (Å²) >= 11 is 2.97. The highest BCUT2D eigenvalue weighted by atomic mass is 32.2. The first-order valence-electron chi connectivity index (χ1n) is 8.52. The maximum absolute atomic E-state index is 12.1. The van der Waals surface area contributed by atoms with Crippen LogP contribution in [0.5, 0.6) is 5.75 Å². The number of methoxy groups -OCH3 is 1. The van der Waals surface area contributed by atoms with Gasteiger partial charge in [0.2, 0.25) is 5.13 Å². The van der Waals surface area contributed by atoms with Crippen molar-refractivity contribution in [2.75, 3.05) is 12.4 Å². The molecule has 9 heteroatoms. The van der Waals surface area contributed by atoms with Crippen LogP contribution in [0.1, 0.15) is 11.4 Å². The molecule has 4 rings (SSSR count). The summed E-state index contributed by atoms with van der Waals surface area (Å²) in [6.45, 7) is 0.656. The number of hydrogen-bond acceptors (Lipinski definition) is 8. The van der Waals surface area contributed by atoms with E-state index in [-0.39, 0.29) is 5.56 Å². The van der Waals surface area contributed by atoms with E-state index >= 15 is 0 Å². The molecule has 0 atom stereocenters. The Morgan fingerprint density at radius 1 is 1.14 bits per heavy atom. The van der Waals surface area contributed by atoms with Gasteiger partial charge in [-0.15, -0.1) is 10.2 Å².